The lowest BCUT2D eigenvalue weighted by Gasteiger charge is -2.46. The van der Waals surface area contributed by atoms with E-state index >= 15 is 0 Å². The minimum atomic E-state index is -3.33. The van der Waals surface area contributed by atoms with E-state index in [9.17, 15) is 18.0 Å². The average molecular weight is 514 g/mol. The highest BCUT2D eigenvalue weighted by molar-refractivity contribution is 7.90. The van der Waals surface area contributed by atoms with Crippen molar-refractivity contribution in [3.05, 3.63) is 36.2 Å². The second-order valence-electron chi connectivity index (χ2n) is 9.97. The predicted octanol–water partition coefficient (Wildman–Crippen LogP) is 0.948. The summed E-state index contributed by atoms with van der Waals surface area (Å²) in [4.78, 5) is 35.9. The van der Waals surface area contributed by atoms with Gasteiger partial charge in [-0.15, -0.1) is 0 Å². The maximum absolute atomic E-state index is 12.9. The van der Waals surface area contributed by atoms with Gasteiger partial charge in [-0.25, -0.2) is 18.4 Å². The molecule has 2 aromatic rings. The number of nitrogens with one attached hydrogen (secondary N) is 3. The number of primary amides is 1. The fourth-order valence-corrected chi connectivity index (χ4v) is 5.95. The number of nitrogens with two attached hydrogens (primary N) is 1. The average Bonchev–Trinajstić information content (AvgIpc) is 2.83. The molecule has 0 spiro atoms. The molecule has 2 bridgehead atoms. The first-order chi connectivity index (χ1) is 17.2. The Kier molecular flexibility index (Phi) is 6.56. The third-order valence-electron chi connectivity index (χ3n) is 7.18. The van der Waals surface area contributed by atoms with Crippen molar-refractivity contribution in [3.8, 4) is 0 Å². The molecular formula is C24H31N7O4S. The Morgan fingerprint density at radius 3 is 2.47 bits per heavy atom. The topological polar surface area (TPSA) is 159 Å². The largest absolute Gasteiger partial charge is 0.364 e. The van der Waals surface area contributed by atoms with Crippen molar-refractivity contribution in [3.63, 3.8) is 0 Å². The molecule has 4 heterocycles. The number of benzene rings is 1. The first-order valence-electron chi connectivity index (χ1n) is 12.2. The molecule has 1 aromatic carbocycles. The van der Waals surface area contributed by atoms with Gasteiger partial charge >= 0.3 is 0 Å². The molecule has 3 aliphatic heterocycles. The number of hydrogen-bond acceptors (Lipinski definition) is 9. The van der Waals surface area contributed by atoms with Gasteiger partial charge in [-0.05, 0) is 56.4 Å². The molecule has 3 atom stereocenters. The van der Waals surface area contributed by atoms with Crippen LogP contribution in [0.25, 0.3) is 0 Å². The molecule has 6 rings (SSSR count). The number of anilines is 3. The number of rotatable bonds is 7. The van der Waals surface area contributed by atoms with Crippen molar-refractivity contribution in [2.45, 2.75) is 55.1 Å². The van der Waals surface area contributed by atoms with Crippen LogP contribution in [-0.2, 0) is 14.6 Å². The minimum absolute atomic E-state index is 0.00928. The van der Waals surface area contributed by atoms with Gasteiger partial charge in [-0.2, -0.15) is 0 Å². The number of sulfone groups is 1. The predicted molar refractivity (Wildman–Crippen MR) is 135 cm³/mol. The number of fused-ring (bicyclic) bond motifs is 2. The van der Waals surface area contributed by atoms with Crippen LogP contribution in [-0.4, -0.2) is 67.7 Å². The summed E-state index contributed by atoms with van der Waals surface area (Å²) in [5.74, 6) is 0.232. The van der Waals surface area contributed by atoms with Gasteiger partial charge in [0.15, 0.2) is 21.3 Å². The van der Waals surface area contributed by atoms with E-state index in [2.05, 4.69) is 25.9 Å². The minimum Gasteiger partial charge on any atom is -0.364 e. The molecule has 3 unspecified atom stereocenters. The Hall–Kier alpha value is -3.25. The Morgan fingerprint density at radius 1 is 1.14 bits per heavy atom. The van der Waals surface area contributed by atoms with Crippen molar-refractivity contribution < 1.29 is 18.0 Å². The molecule has 2 amide bonds. The van der Waals surface area contributed by atoms with Crippen LogP contribution in [0.4, 0.5) is 17.3 Å². The zero-order valence-electron chi connectivity index (χ0n) is 20.1. The summed E-state index contributed by atoms with van der Waals surface area (Å²) in [5, 5.41) is 9.74. The van der Waals surface area contributed by atoms with Crippen molar-refractivity contribution in [1.82, 2.24) is 20.6 Å². The lowest BCUT2D eigenvalue weighted by atomic mass is 9.75. The Balaban J connectivity index is 1.29. The highest BCUT2D eigenvalue weighted by atomic mass is 32.2. The van der Waals surface area contributed by atoms with E-state index in [0.29, 0.717) is 30.1 Å². The van der Waals surface area contributed by atoms with Gasteiger partial charge in [0.25, 0.3) is 5.91 Å². The van der Waals surface area contributed by atoms with Gasteiger partial charge in [0.2, 0.25) is 5.91 Å². The van der Waals surface area contributed by atoms with Gasteiger partial charge in [0.1, 0.15) is 5.82 Å². The molecular weight excluding hydrogens is 482 g/mol. The van der Waals surface area contributed by atoms with E-state index in [1.807, 2.05) is 4.90 Å². The molecule has 36 heavy (non-hydrogen) atoms. The van der Waals surface area contributed by atoms with Crippen molar-refractivity contribution in [1.29, 1.82) is 0 Å². The summed E-state index contributed by atoms with van der Waals surface area (Å²) in [5.41, 5.74) is 6.04. The molecule has 1 aromatic heterocycles. The standard InChI is InChI=1S/C24H31N7O4S/c1-36(34,35)19-6-4-15(5-7-19)28-23-21(22(25)32)26-12-20(30-23)31-8-2-3-16(13-31)29-24(33)14-9-17-11-18(10-14)27-17/h4-7,12,14,16-18,27H,2-3,8-11,13H2,1H3,(H2,25,32)(H,28,30)(H,29,33). The SMILES string of the molecule is CS(=O)(=O)c1ccc(Nc2nc(N3CCCC(NC(=O)C4CC5CC(C4)N5)C3)cnc2C(N)=O)cc1. The van der Waals surface area contributed by atoms with Crippen LogP contribution < -0.4 is 26.6 Å². The number of aromatic nitrogens is 2. The van der Waals surface area contributed by atoms with E-state index in [0.717, 1.165) is 38.5 Å². The fourth-order valence-electron chi connectivity index (χ4n) is 5.32. The van der Waals surface area contributed by atoms with Crippen LogP contribution >= 0.6 is 0 Å². The quantitative estimate of drug-likeness (QED) is 0.423. The number of nitrogens with zero attached hydrogens (tertiary/aromatic N) is 3. The molecule has 4 fully saturated rings. The Labute approximate surface area is 210 Å². The molecule has 11 nitrogen and oxygen atoms in total. The van der Waals surface area contributed by atoms with Crippen LogP contribution in [0.15, 0.2) is 35.4 Å². The molecule has 1 saturated carbocycles. The number of carbonyl (C=O) groups excluding carboxylic acids is 2. The summed E-state index contributed by atoms with van der Waals surface area (Å²) in [7, 11) is -3.33. The fraction of sp³-hybridized carbons (Fsp3) is 0.500. The molecule has 5 N–H and O–H groups in total. The molecule has 12 heteroatoms. The number of piperidine rings is 2. The van der Waals surface area contributed by atoms with E-state index in [-0.39, 0.29) is 34.3 Å². The monoisotopic (exact) mass is 513 g/mol. The van der Waals surface area contributed by atoms with Crippen LogP contribution in [0.5, 0.6) is 0 Å². The Morgan fingerprint density at radius 2 is 1.83 bits per heavy atom. The summed E-state index contributed by atoms with van der Waals surface area (Å²) < 4.78 is 23.5. The molecule has 1 aliphatic carbocycles. The number of hydrogen-bond donors (Lipinski definition) is 4. The van der Waals surface area contributed by atoms with E-state index in [1.165, 1.54) is 24.8 Å². The summed E-state index contributed by atoms with van der Waals surface area (Å²) >= 11 is 0. The van der Waals surface area contributed by atoms with Crippen molar-refractivity contribution in [2.24, 2.45) is 11.7 Å². The number of amides is 2. The van der Waals surface area contributed by atoms with Crippen molar-refractivity contribution in [2.75, 3.05) is 29.6 Å². The summed E-state index contributed by atoms with van der Waals surface area (Å²) in [6.07, 6.45) is 7.42. The highest BCUT2D eigenvalue weighted by Gasteiger charge is 2.40. The van der Waals surface area contributed by atoms with Crippen LogP contribution in [0.3, 0.4) is 0 Å². The molecule has 3 saturated heterocycles. The third kappa shape index (κ3) is 5.29. The summed E-state index contributed by atoms with van der Waals surface area (Å²) in [6, 6.07) is 7.10. The second-order valence-corrected chi connectivity index (χ2v) is 12.0. The number of carbonyl (C=O) groups is 2. The van der Waals surface area contributed by atoms with Crippen LogP contribution in [0.1, 0.15) is 42.6 Å². The van der Waals surface area contributed by atoms with Gasteiger partial charge < -0.3 is 26.6 Å². The first-order valence-corrected chi connectivity index (χ1v) is 14.1. The smallest absolute Gasteiger partial charge is 0.271 e. The molecule has 0 radical (unpaired) electrons. The van der Waals surface area contributed by atoms with E-state index in [4.69, 9.17) is 5.73 Å². The summed E-state index contributed by atoms with van der Waals surface area (Å²) in [6.45, 7) is 1.34. The zero-order valence-corrected chi connectivity index (χ0v) is 20.9. The molecule has 4 aliphatic rings. The van der Waals surface area contributed by atoms with Crippen molar-refractivity contribution >= 4 is 39.0 Å². The Bertz CT molecular complexity index is 1250. The highest BCUT2D eigenvalue weighted by Crippen LogP contribution is 2.33. The van der Waals surface area contributed by atoms with Crippen LogP contribution in [0.2, 0.25) is 0 Å². The van der Waals surface area contributed by atoms with Gasteiger partial charge in [0.05, 0.1) is 11.1 Å². The zero-order chi connectivity index (χ0) is 25.4. The van der Waals surface area contributed by atoms with E-state index < -0.39 is 15.7 Å². The van der Waals surface area contributed by atoms with Gasteiger partial charge in [-0.1, -0.05) is 0 Å². The van der Waals surface area contributed by atoms with E-state index in [1.54, 1.807) is 12.1 Å². The maximum Gasteiger partial charge on any atom is 0.271 e. The first kappa shape index (κ1) is 24.4. The van der Waals surface area contributed by atoms with Gasteiger partial charge in [0, 0.05) is 49.1 Å². The molecule has 192 valence electrons. The second kappa shape index (κ2) is 9.66. The normalized spacial score (nSPS) is 25.5. The maximum atomic E-state index is 12.9. The third-order valence-corrected chi connectivity index (χ3v) is 8.31. The lowest BCUT2D eigenvalue weighted by Crippen LogP contribution is -2.60. The van der Waals surface area contributed by atoms with Crippen LogP contribution in [0, 0.1) is 5.92 Å². The van der Waals surface area contributed by atoms with Gasteiger partial charge in [-0.3, -0.25) is 9.59 Å². The lowest BCUT2D eigenvalue weighted by molar-refractivity contribution is -0.128.